The van der Waals surface area contributed by atoms with Crippen LogP contribution in [0.2, 0.25) is 0 Å². The highest BCUT2D eigenvalue weighted by atomic mass is 15.1. The summed E-state index contributed by atoms with van der Waals surface area (Å²) >= 11 is 0. The van der Waals surface area contributed by atoms with Crippen molar-refractivity contribution < 1.29 is 0 Å². The van der Waals surface area contributed by atoms with Gasteiger partial charge in [-0.2, -0.15) is 0 Å². The molecule has 3 heteroatoms. The number of imidazole rings is 1. The lowest BCUT2D eigenvalue weighted by molar-refractivity contribution is 1.23. The van der Waals surface area contributed by atoms with Crippen molar-refractivity contribution in [2.75, 3.05) is 5.32 Å². The van der Waals surface area contributed by atoms with E-state index >= 15 is 0 Å². The third-order valence-corrected chi connectivity index (χ3v) is 2.35. The monoisotopic (exact) mass is 201 g/mol. The van der Waals surface area contributed by atoms with E-state index in [1.165, 1.54) is 11.1 Å². The van der Waals surface area contributed by atoms with Gasteiger partial charge in [-0.15, -0.1) is 0 Å². The highest BCUT2D eigenvalue weighted by molar-refractivity contribution is 5.59. The Morgan fingerprint density at radius 3 is 2.67 bits per heavy atom. The van der Waals surface area contributed by atoms with Crippen LogP contribution in [0.1, 0.15) is 16.8 Å². The molecule has 78 valence electrons. The van der Waals surface area contributed by atoms with Crippen molar-refractivity contribution in [1.82, 2.24) is 9.97 Å². The fourth-order valence-corrected chi connectivity index (χ4v) is 1.47. The van der Waals surface area contributed by atoms with Gasteiger partial charge in [-0.3, -0.25) is 0 Å². The van der Waals surface area contributed by atoms with Gasteiger partial charge in [0.1, 0.15) is 0 Å². The van der Waals surface area contributed by atoms with Gasteiger partial charge in [0.15, 0.2) is 0 Å². The maximum absolute atomic E-state index is 4.22. The molecule has 1 heterocycles. The Kier molecular flexibility index (Phi) is 2.46. The second-order valence-corrected chi connectivity index (χ2v) is 3.86. The number of aryl methyl sites for hydroxylation is 3. The van der Waals surface area contributed by atoms with Gasteiger partial charge >= 0.3 is 0 Å². The Labute approximate surface area is 89.6 Å². The van der Waals surface area contributed by atoms with Gasteiger partial charge in [0.25, 0.3) is 0 Å². The lowest BCUT2D eigenvalue weighted by atomic mass is 10.1. The summed E-state index contributed by atoms with van der Waals surface area (Å²) in [5.41, 5.74) is 4.62. The fraction of sp³-hybridized carbons (Fsp3) is 0.250. The molecule has 0 bridgehead atoms. The van der Waals surface area contributed by atoms with Gasteiger partial charge < -0.3 is 10.3 Å². The summed E-state index contributed by atoms with van der Waals surface area (Å²) in [6, 6.07) is 6.33. The molecule has 15 heavy (non-hydrogen) atoms. The second kappa shape index (κ2) is 3.77. The van der Waals surface area contributed by atoms with E-state index < -0.39 is 0 Å². The van der Waals surface area contributed by atoms with Gasteiger partial charge in [-0.1, -0.05) is 12.1 Å². The number of benzene rings is 1. The minimum absolute atomic E-state index is 0.793. The molecule has 1 aromatic carbocycles. The van der Waals surface area contributed by atoms with E-state index in [-0.39, 0.29) is 0 Å². The molecule has 0 radical (unpaired) electrons. The predicted octanol–water partition coefficient (Wildman–Crippen LogP) is 3.08. The Morgan fingerprint density at radius 1 is 1.20 bits per heavy atom. The van der Waals surface area contributed by atoms with Crippen molar-refractivity contribution in [1.29, 1.82) is 0 Å². The predicted molar refractivity (Wildman–Crippen MR) is 62.5 cm³/mol. The minimum atomic E-state index is 0.793. The van der Waals surface area contributed by atoms with Gasteiger partial charge in [0.05, 0.1) is 0 Å². The molecule has 1 aromatic heterocycles. The first-order valence-electron chi connectivity index (χ1n) is 5.01. The van der Waals surface area contributed by atoms with Crippen molar-refractivity contribution >= 4 is 11.6 Å². The van der Waals surface area contributed by atoms with Gasteiger partial charge in [0, 0.05) is 17.6 Å². The van der Waals surface area contributed by atoms with Crippen LogP contribution in [0.15, 0.2) is 24.4 Å². The fourth-order valence-electron chi connectivity index (χ4n) is 1.47. The summed E-state index contributed by atoms with van der Waals surface area (Å²) in [5, 5.41) is 3.27. The first-order valence-corrected chi connectivity index (χ1v) is 5.01. The van der Waals surface area contributed by atoms with Crippen LogP contribution in [-0.2, 0) is 0 Å². The molecule has 3 nitrogen and oxygen atoms in total. The lowest BCUT2D eigenvalue weighted by Gasteiger charge is -2.07. The number of hydrogen-bond donors (Lipinski definition) is 2. The number of hydrogen-bond acceptors (Lipinski definition) is 2. The summed E-state index contributed by atoms with van der Waals surface area (Å²) in [6.45, 7) is 6.15. The molecular formula is C12H15N3. The van der Waals surface area contributed by atoms with Gasteiger partial charge in [0.2, 0.25) is 5.95 Å². The molecular weight excluding hydrogens is 186 g/mol. The van der Waals surface area contributed by atoms with Crippen molar-refractivity contribution in [3.05, 3.63) is 41.2 Å². The van der Waals surface area contributed by atoms with E-state index in [1.54, 1.807) is 0 Å². The molecule has 0 aliphatic carbocycles. The molecule has 0 spiro atoms. The molecule has 2 rings (SSSR count). The second-order valence-electron chi connectivity index (χ2n) is 3.86. The van der Waals surface area contributed by atoms with Crippen molar-refractivity contribution in [2.24, 2.45) is 0 Å². The summed E-state index contributed by atoms with van der Waals surface area (Å²) < 4.78 is 0. The van der Waals surface area contributed by atoms with Crippen LogP contribution in [0.3, 0.4) is 0 Å². The smallest absolute Gasteiger partial charge is 0.204 e. The van der Waals surface area contributed by atoms with Crippen LogP contribution in [0, 0.1) is 20.8 Å². The number of nitrogens with zero attached hydrogens (tertiary/aromatic N) is 1. The number of H-pyrrole nitrogens is 1. The van der Waals surface area contributed by atoms with Gasteiger partial charge in [-0.25, -0.2) is 4.98 Å². The van der Waals surface area contributed by atoms with Crippen LogP contribution in [0.5, 0.6) is 0 Å². The number of aromatic amines is 1. The maximum atomic E-state index is 4.22. The first kappa shape index (κ1) is 9.77. The van der Waals surface area contributed by atoms with Crippen molar-refractivity contribution in [3.63, 3.8) is 0 Å². The van der Waals surface area contributed by atoms with Crippen LogP contribution in [-0.4, -0.2) is 9.97 Å². The molecule has 2 N–H and O–H groups in total. The summed E-state index contributed by atoms with van der Waals surface area (Å²) in [4.78, 5) is 7.36. The average molecular weight is 201 g/mol. The van der Waals surface area contributed by atoms with E-state index in [2.05, 4.69) is 47.3 Å². The highest BCUT2D eigenvalue weighted by Gasteiger charge is 2.01. The summed E-state index contributed by atoms with van der Waals surface area (Å²) in [5.74, 6) is 0.793. The van der Waals surface area contributed by atoms with E-state index in [0.29, 0.717) is 0 Å². The van der Waals surface area contributed by atoms with Crippen LogP contribution < -0.4 is 5.32 Å². The molecule has 0 aliphatic rings. The Balaban J connectivity index is 2.27. The van der Waals surface area contributed by atoms with Crippen LogP contribution >= 0.6 is 0 Å². The van der Waals surface area contributed by atoms with E-state index in [4.69, 9.17) is 0 Å². The molecule has 0 atom stereocenters. The lowest BCUT2D eigenvalue weighted by Crippen LogP contribution is -1.95. The standard InChI is InChI=1S/C12H15N3/c1-8-4-5-9(2)11(6-8)15-12-13-7-10(3)14-12/h4-7H,1-3H3,(H2,13,14,15). The maximum Gasteiger partial charge on any atom is 0.204 e. The molecule has 0 fully saturated rings. The quantitative estimate of drug-likeness (QED) is 0.784. The molecule has 2 aromatic rings. The SMILES string of the molecule is Cc1ccc(C)c(Nc2ncc(C)[nH]2)c1. The Hall–Kier alpha value is -1.77. The largest absolute Gasteiger partial charge is 0.328 e. The minimum Gasteiger partial charge on any atom is -0.328 e. The first-order chi connectivity index (χ1) is 7.15. The highest BCUT2D eigenvalue weighted by Crippen LogP contribution is 2.19. The number of rotatable bonds is 2. The molecule has 0 saturated carbocycles. The molecule has 0 saturated heterocycles. The molecule has 0 amide bonds. The molecule has 0 aliphatic heterocycles. The zero-order valence-corrected chi connectivity index (χ0v) is 9.26. The average Bonchev–Trinajstić information content (AvgIpc) is 2.58. The third-order valence-electron chi connectivity index (χ3n) is 2.35. The summed E-state index contributed by atoms with van der Waals surface area (Å²) in [6.07, 6.45) is 1.81. The van der Waals surface area contributed by atoms with Crippen LogP contribution in [0.4, 0.5) is 11.6 Å². The summed E-state index contributed by atoms with van der Waals surface area (Å²) in [7, 11) is 0. The number of anilines is 2. The number of aromatic nitrogens is 2. The zero-order chi connectivity index (χ0) is 10.8. The zero-order valence-electron chi connectivity index (χ0n) is 9.26. The normalized spacial score (nSPS) is 10.3. The van der Waals surface area contributed by atoms with Crippen molar-refractivity contribution in [3.8, 4) is 0 Å². The van der Waals surface area contributed by atoms with E-state index in [9.17, 15) is 0 Å². The number of nitrogens with one attached hydrogen (secondary N) is 2. The van der Waals surface area contributed by atoms with Crippen LogP contribution in [0.25, 0.3) is 0 Å². The van der Waals surface area contributed by atoms with Gasteiger partial charge in [-0.05, 0) is 38.0 Å². The van der Waals surface area contributed by atoms with Crippen molar-refractivity contribution in [2.45, 2.75) is 20.8 Å². The Morgan fingerprint density at radius 2 is 2.00 bits per heavy atom. The third kappa shape index (κ3) is 2.18. The molecule has 0 unspecified atom stereocenters. The van der Waals surface area contributed by atoms with E-state index in [0.717, 1.165) is 17.3 Å². The van der Waals surface area contributed by atoms with E-state index in [1.807, 2.05) is 13.1 Å². The topological polar surface area (TPSA) is 40.7 Å². The Bertz CT molecular complexity index is 471.